The van der Waals surface area contributed by atoms with Gasteiger partial charge in [0.25, 0.3) is 5.91 Å². The van der Waals surface area contributed by atoms with Crippen molar-refractivity contribution >= 4 is 34.0 Å². The van der Waals surface area contributed by atoms with E-state index in [1.165, 1.54) is 13.3 Å². The summed E-state index contributed by atoms with van der Waals surface area (Å²) in [6.07, 6.45) is 1.46. The second-order valence-corrected chi connectivity index (χ2v) is 6.21. The molecule has 0 spiro atoms. The van der Waals surface area contributed by atoms with Gasteiger partial charge < -0.3 is 26.3 Å². The third-order valence-electron chi connectivity index (χ3n) is 3.31. The average Bonchev–Trinajstić information content (AvgIpc) is 2.65. The Bertz CT molecular complexity index is 836. The molecule has 0 heterocycles. The second-order valence-electron chi connectivity index (χ2n) is 5.35. The summed E-state index contributed by atoms with van der Waals surface area (Å²) in [5.74, 6) is 0.461. The molecule has 0 aliphatic rings. The van der Waals surface area contributed by atoms with Crippen LogP contribution in [0.1, 0.15) is 11.1 Å². The minimum atomic E-state index is -0.244. The predicted molar refractivity (Wildman–Crippen MR) is 108 cm³/mol. The maximum Gasteiger partial charge on any atom is 0.258 e. The van der Waals surface area contributed by atoms with Gasteiger partial charge in [-0.05, 0) is 39.2 Å². The Hall–Kier alpha value is -3.07. The molecule has 0 saturated carbocycles. The van der Waals surface area contributed by atoms with Gasteiger partial charge in [-0.25, -0.2) is 0 Å². The summed E-state index contributed by atoms with van der Waals surface area (Å²) in [5.41, 5.74) is 12.1. The van der Waals surface area contributed by atoms with Crippen LogP contribution in [-0.4, -0.2) is 31.8 Å². The minimum absolute atomic E-state index is 0.140. The average molecular weight is 434 g/mol. The molecule has 9 heteroatoms. The van der Waals surface area contributed by atoms with E-state index in [1.807, 2.05) is 30.3 Å². The van der Waals surface area contributed by atoms with Gasteiger partial charge in [0.05, 0.1) is 17.8 Å². The van der Waals surface area contributed by atoms with E-state index in [0.717, 1.165) is 5.56 Å². The molecule has 0 aliphatic carbocycles. The summed E-state index contributed by atoms with van der Waals surface area (Å²) in [6, 6.07) is 13.0. The fourth-order valence-corrected chi connectivity index (χ4v) is 2.68. The van der Waals surface area contributed by atoms with E-state index in [-0.39, 0.29) is 18.5 Å². The highest BCUT2D eigenvalue weighted by Crippen LogP contribution is 2.36. The van der Waals surface area contributed by atoms with Gasteiger partial charge in [-0.3, -0.25) is 4.79 Å². The van der Waals surface area contributed by atoms with E-state index in [2.05, 4.69) is 31.4 Å². The van der Waals surface area contributed by atoms with Gasteiger partial charge in [0.1, 0.15) is 0 Å². The molecule has 142 valence electrons. The largest absolute Gasteiger partial charge is 0.493 e. The number of nitrogens with two attached hydrogens (primary N) is 2. The Morgan fingerprint density at radius 1 is 1.26 bits per heavy atom. The number of nitrogens with one attached hydrogen (secondary N) is 1. The molecule has 0 saturated heterocycles. The number of rotatable bonds is 8. The van der Waals surface area contributed by atoms with Gasteiger partial charge in [0.15, 0.2) is 18.1 Å². The van der Waals surface area contributed by atoms with Crippen LogP contribution in [-0.2, 0) is 11.3 Å². The zero-order valence-electron chi connectivity index (χ0n) is 14.7. The fourth-order valence-electron chi connectivity index (χ4n) is 2.10. The molecule has 2 aromatic carbocycles. The van der Waals surface area contributed by atoms with Crippen molar-refractivity contribution in [2.24, 2.45) is 21.7 Å². The van der Waals surface area contributed by atoms with Crippen molar-refractivity contribution in [1.82, 2.24) is 5.32 Å². The van der Waals surface area contributed by atoms with Crippen molar-refractivity contribution in [3.05, 3.63) is 58.1 Å². The molecule has 0 aliphatic heterocycles. The first-order chi connectivity index (χ1) is 13.0. The van der Waals surface area contributed by atoms with Gasteiger partial charge in [-0.2, -0.15) is 5.10 Å². The van der Waals surface area contributed by atoms with Crippen LogP contribution in [0.3, 0.4) is 0 Å². The first-order valence-electron chi connectivity index (χ1n) is 7.92. The SMILES string of the molecule is COc1cc(C=NN=C(N)N)cc(Br)c1OCC(=O)NCc1ccccc1. The topological polar surface area (TPSA) is 124 Å². The molecule has 0 aromatic heterocycles. The number of hydrogen-bond acceptors (Lipinski definition) is 5. The Balaban J connectivity index is 1.99. The van der Waals surface area contributed by atoms with Gasteiger partial charge >= 0.3 is 0 Å². The molecule has 8 nitrogen and oxygen atoms in total. The van der Waals surface area contributed by atoms with Gasteiger partial charge in [0.2, 0.25) is 5.96 Å². The first-order valence-corrected chi connectivity index (χ1v) is 8.72. The number of carbonyl (C=O) groups is 1. The van der Waals surface area contributed by atoms with Crippen molar-refractivity contribution < 1.29 is 14.3 Å². The lowest BCUT2D eigenvalue weighted by Crippen LogP contribution is -2.28. The van der Waals surface area contributed by atoms with E-state index in [0.29, 0.717) is 28.1 Å². The zero-order valence-corrected chi connectivity index (χ0v) is 16.3. The van der Waals surface area contributed by atoms with E-state index in [9.17, 15) is 4.79 Å². The molecule has 0 unspecified atom stereocenters. The molecule has 2 rings (SSSR count). The Morgan fingerprint density at radius 2 is 2.00 bits per heavy atom. The number of methoxy groups -OCH3 is 1. The second kappa shape index (κ2) is 10.2. The quantitative estimate of drug-likeness (QED) is 0.332. The maximum absolute atomic E-state index is 12.0. The van der Waals surface area contributed by atoms with E-state index < -0.39 is 0 Å². The number of amides is 1. The number of halogens is 1. The zero-order chi connectivity index (χ0) is 19.6. The number of ether oxygens (including phenoxy) is 2. The molecule has 2 aromatic rings. The highest BCUT2D eigenvalue weighted by atomic mass is 79.9. The van der Waals surface area contributed by atoms with Crippen LogP contribution in [0.4, 0.5) is 0 Å². The lowest BCUT2D eigenvalue weighted by Gasteiger charge is -2.13. The number of nitrogens with zero attached hydrogens (tertiary/aromatic N) is 2. The van der Waals surface area contributed by atoms with Crippen molar-refractivity contribution in [1.29, 1.82) is 0 Å². The van der Waals surface area contributed by atoms with E-state index in [4.69, 9.17) is 20.9 Å². The third kappa shape index (κ3) is 6.63. The molecule has 0 radical (unpaired) electrons. The van der Waals surface area contributed by atoms with E-state index in [1.54, 1.807) is 12.1 Å². The van der Waals surface area contributed by atoms with Crippen LogP contribution in [0.25, 0.3) is 0 Å². The Morgan fingerprint density at radius 3 is 2.67 bits per heavy atom. The van der Waals surface area contributed by atoms with Crippen LogP contribution >= 0.6 is 15.9 Å². The van der Waals surface area contributed by atoms with Crippen LogP contribution in [0.5, 0.6) is 11.5 Å². The highest BCUT2D eigenvalue weighted by Gasteiger charge is 2.13. The molecule has 0 bridgehead atoms. The summed E-state index contributed by atoms with van der Waals surface area (Å²) in [5, 5.41) is 10.1. The monoisotopic (exact) mass is 433 g/mol. The number of carbonyl (C=O) groups excluding carboxylic acids is 1. The molecule has 0 fully saturated rings. The fraction of sp³-hybridized carbons (Fsp3) is 0.167. The van der Waals surface area contributed by atoms with Gasteiger partial charge in [-0.15, -0.1) is 5.10 Å². The summed E-state index contributed by atoms with van der Waals surface area (Å²) in [4.78, 5) is 12.0. The molecular formula is C18H20BrN5O3. The van der Waals surface area contributed by atoms with Gasteiger partial charge in [0, 0.05) is 6.54 Å². The minimum Gasteiger partial charge on any atom is -0.493 e. The Kier molecular flexibility index (Phi) is 7.63. The number of benzene rings is 2. The molecule has 0 atom stereocenters. The molecule has 1 amide bonds. The molecule has 5 N–H and O–H groups in total. The normalized spacial score (nSPS) is 10.4. The molecular weight excluding hydrogens is 414 g/mol. The van der Waals surface area contributed by atoms with E-state index >= 15 is 0 Å². The van der Waals surface area contributed by atoms with Crippen LogP contribution < -0.4 is 26.3 Å². The van der Waals surface area contributed by atoms with Crippen molar-refractivity contribution in [3.8, 4) is 11.5 Å². The Labute approximate surface area is 165 Å². The van der Waals surface area contributed by atoms with Crippen LogP contribution in [0, 0.1) is 0 Å². The predicted octanol–water partition coefficient (Wildman–Crippen LogP) is 1.76. The number of hydrogen-bond donors (Lipinski definition) is 3. The lowest BCUT2D eigenvalue weighted by molar-refractivity contribution is -0.123. The summed E-state index contributed by atoms with van der Waals surface area (Å²) in [7, 11) is 1.50. The van der Waals surface area contributed by atoms with Crippen molar-refractivity contribution in [3.63, 3.8) is 0 Å². The maximum atomic E-state index is 12.0. The third-order valence-corrected chi connectivity index (χ3v) is 3.90. The summed E-state index contributed by atoms with van der Waals surface area (Å²) in [6.45, 7) is 0.283. The lowest BCUT2D eigenvalue weighted by atomic mass is 10.2. The smallest absolute Gasteiger partial charge is 0.258 e. The van der Waals surface area contributed by atoms with Gasteiger partial charge in [-0.1, -0.05) is 30.3 Å². The number of guanidine groups is 1. The van der Waals surface area contributed by atoms with Crippen molar-refractivity contribution in [2.75, 3.05) is 13.7 Å². The summed E-state index contributed by atoms with van der Waals surface area (Å²) >= 11 is 3.40. The van der Waals surface area contributed by atoms with Crippen LogP contribution in [0.15, 0.2) is 57.1 Å². The highest BCUT2D eigenvalue weighted by molar-refractivity contribution is 9.10. The standard InChI is InChI=1S/C18H20BrN5O3/c1-26-15-8-13(10-23-24-18(20)21)7-14(19)17(15)27-11-16(25)22-9-12-5-3-2-4-6-12/h2-8,10H,9,11H2,1H3,(H,22,25)(H4,20,21,24). The summed E-state index contributed by atoms with van der Waals surface area (Å²) < 4.78 is 11.5. The van der Waals surface area contributed by atoms with Crippen molar-refractivity contribution in [2.45, 2.75) is 6.54 Å². The van der Waals surface area contributed by atoms with Crippen LogP contribution in [0.2, 0.25) is 0 Å². The molecule has 27 heavy (non-hydrogen) atoms. The first kappa shape index (κ1) is 20.2.